The van der Waals surface area contributed by atoms with Gasteiger partial charge in [0.15, 0.2) is 0 Å². The highest BCUT2D eigenvalue weighted by molar-refractivity contribution is 5.94. The molecule has 3 heterocycles. The van der Waals surface area contributed by atoms with Crippen LogP contribution in [0.4, 0.5) is 13.2 Å². The Morgan fingerprint density at radius 3 is 2.55 bits per heavy atom. The molecular formula is C20H17F3N4O2. The molecule has 1 aliphatic rings. The van der Waals surface area contributed by atoms with Gasteiger partial charge in [-0.3, -0.25) is 4.79 Å². The van der Waals surface area contributed by atoms with Crippen LogP contribution in [0.25, 0.3) is 0 Å². The Kier molecular flexibility index (Phi) is 4.96. The van der Waals surface area contributed by atoms with Crippen molar-refractivity contribution in [2.45, 2.75) is 18.8 Å². The zero-order valence-electron chi connectivity index (χ0n) is 15.2. The van der Waals surface area contributed by atoms with Crippen molar-refractivity contribution in [1.82, 2.24) is 19.4 Å². The van der Waals surface area contributed by atoms with E-state index in [2.05, 4.69) is 9.97 Å². The van der Waals surface area contributed by atoms with Crippen LogP contribution >= 0.6 is 0 Å². The number of aromatic nitrogens is 3. The number of carbonyl (C=O) groups is 1. The lowest BCUT2D eigenvalue weighted by molar-refractivity contribution is -0.141. The van der Waals surface area contributed by atoms with Crippen LogP contribution in [0.1, 0.15) is 21.6 Å². The third kappa shape index (κ3) is 4.39. The van der Waals surface area contributed by atoms with Crippen LogP contribution in [0.3, 0.4) is 0 Å². The third-order valence-electron chi connectivity index (χ3n) is 4.56. The minimum atomic E-state index is -4.52. The second-order valence-electron chi connectivity index (χ2n) is 6.74. The summed E-state index contributed by atoms with van der Waals surface area (Å²) in [6, 6.07) is 10.8. The lowest BCUT2D eigenvalue weighted by atomic mass is 10.1. The van der Waals surface area contributed by atoms with Crippen molar-refractivity contribution in [3.05, 3.63) is 78.0 Å². The molecule has 0 spiro atoms. The summed E-state index contributed by atoms with van der Waals surface area (Å²) in [7, 11) is 0. The first-order valence-electron chi connectivity index (χ1n) is 8.93. The van der Waals surface area contributed by atoms with Gasteiger partial charge in [-0.25, -0.2) is 9.97 Å². The predicted molar refractivity (Wildman–Crippen MR) is 97.3 cm³/mol. The first-order chi connectivity index (χ1) is 13.9. The average Bonchev–Trinajstić information content (AvgIpc) is 3.17. The van der Waals surface area contributed by atoms with E-state index >= 15 is 0 Å². The molecule has 0 saturated carbocycles. The van der Waals surface area contributed by atoms with Gasteiger partial charge < -0.3 is 14.2 Å². The Bertz CT molecular complexity index is 982. The molecule has 1 aromatic carbocycles. The molecule has 2 aromatic heterocycles. The molecule has 150 valence electrons. The van der Waals surface area contributed by atoms with E-state index in [0.717, 1.165) is 11.6 Å². The van der Waals surface area contributed by atoms with Gasteiger partial charge in [0, 0.05) is 30.6 Å². The highest BCUT2D eigenvalue weighted by atomic mass is 19.4. The standard InChI is InChI=1S/C20H17F3N4O2/c21-20(22,23)17-2-1-3-18(25-17)29-16-11-27(12-16)19(28)15-6-4-14(5-7-15)10-26-9-8-24-13-26/h1-9,13,16H,10-12H2. The lowest BCUT2D eigenvalue weighted by Crippen LogP contribution is -2.56. The summed E-state index contributed by atoms with van der Waals surface area (Å²) >= 11 is 0. The molecule has 0 unspecified atom stereocenters. The van der Waals surface area contributed by atoms with Crippen LogP contribution < -0.4 is 4.74 Å². The van der Waals surface area contributed by atoms with Gasteiger partial charge in [-0.05, 0) is 23.8 Å². The fraction of sp³-hybridized carbons (Fsp3) is 0.250. The monoisotopic (exact) mass is 402 g/mol. The molecule has 29 heavy (non-hydrogen) atoms. The van der Waals surface area contributed by atoms with Gasteiger partial charge in [-0.15, -0.1) is 0 Å². The lowest BCUT2D eigenvalue weighted by Gasteiger charge is -2.38. The second kappa shape index (κ2) is 7.57. The summed E-state index contributed by atoms with van der Waals surface area (Å²) in [5.41, 5.74) is 0.591. The highest BCUT2D eigenvalue weighted by Crippen LogP contribution is 2.29. The number of imidazole rings is 1. The Labute approximate surface area is 164 Å². The molecule has 0 N–H and O–H groups in total. The molecule has 0 aliphatic carbocycles. The molecule has 1 saturated heterocycles. The summed E-state index contributed by atoms with van der Waals surface area (Å²) in [5, 5.41) is 0. The molecule has 4 rings (SSSR count). The quantitative estimate of drug-likeness (QED) is 0.658. The zero-order valence-corrected chi connectivity index (χ0v) is 15.2. The SMILES string of the molecule is O=C(c1ccc(Cn2ccnc2)cc1)N1CC(Oc2cccc(C(F)(F)F)n2)C1. The number of alkyl halides is 3. The molecule has 0 radical (unpaired) electrons. The van der Waals surface area contributed by atoms with Gasteiger partial charge >= 0.3 is 6.18 Å². The van der Waals surface area contributed by atoms with Gasteiger partial charge in [0.05, 0.1) is 19.4 Å². The van der Waals surface area contributed by atoms with Crippen molar-refractivity contribution in [2.75, 3.05) is 13.1 Å². The molecule has 6 nitrogen and oxygen atoms in total. The summed E-state index contributed by atoms with van der Waals surface area (Å²) in [6.45, 7) is 1.26. The number of hydrogen-bond donors (Lipinski definition) is 0. The second-order valence-corrected chi connectivity index (χ2v) is 6.74. The average molecular weight is 402 g/mol. The van der Waals surface area contributed by atoms with Crippen molar-refractivity contribution in [1.29, 1.82) is 0 Å². The summed E-state index contributed by atoms with van der Waals surface area (Å²) in [4.78, 5) is 21.6. The Morgan fingerprint density at radius 2 is 1.90 bits per heavy atom. The Hall–Kier alpha value is -3.36. The number of likely N-dealkylation sites (tertiary alicyclic amines) is 1. The van der Waals surface area contributed by atoms with Crippen LogP contribution in [-0.2, 0) is 12.7 Å². The number of benzene rings is 1. The predicted octanol–water partition coefficient (Wildman–Crippen LogP) is 3.25. The van der Waals surface area contributed by atoms with Gasteiger partial charge in [0.1, 0.15) is 11.8 Å². The Balaban J connectivity index is 1.31. The minimum Gasteiger partial charge on any atom is -0.471 e. The van der Waals surface area contributed by atoms with E-state index in [9.17, 15) is 18.0 Å². The van der Waals surface area contributed by atoms with Crippen molar-refractivity contribution in [3.8, 4) is 5.88 Å². The maximum atomic E-state index is 12.7. The number of ether oxygens (including phenoxy) is 1. The van der Waals surface area contributed by atoms with E-state index in [0.29, 0.717) is 25.2 Å². The fourth-order valence-electron chi connectivity index (χ4n) is 3.01. The van der Waals surface area contributed by atoms with Crippen LogP contribution in [0.15, 0.2) is 61.2 Å². The van der Waals surface area contributed by atoms with E-state index in [-0.39, 0.29) is 17.9 Å². The summed E-state index contributed by atoms with van der Waals surface area (Å²) in [5.74, 6) is -0.239. The number of halogens is 3. The maximum absolute atomic E-state index is 12.7. The van der Waals surface area contributed by atoms with Crippen LogP contribution in [0, 0.1) is 0 Å². The minimum absolute atomic E-state index is 0.0965. The largest absolute Gasteiger partial charge is 0.471 e. The van der Waals surface area contributed by atoms with E-state index in [1.807, 2.05) is 22.9 Å². The van der Waals surface area contributed by atoms with Gasteiger partial charge in [-0.2, -0.15) is 13.2 Å². The van der Waals surface area contributed by atoms with Gasteiger partial charge in [-0.1, -0.05) is 18.2 Å². The van der Waals surface area contributed by atoms with Crippen molar-refractivity contribution >= 4 is 5.91 Å². The van der Waals surface area contributed by atoms with Gasteiger partial charge in [0.2, 0.25) is 5.88 Å². The number of nitrogens with zero attached hydrogens (tertiary/aromatic N) is 4. The number of amides is 1. The molecule has 0 atom stereocenters. The molecule has 1 fully saturated rings. The normalized spacial score (nSPS) is 14.5. The molecule has 3 aromatic rings. The first kappa shape index (κ1) is 19.0. The Morgan fingerprint density at radius 1 is 1.14 bits per heavy atom. The van der Waals surface area contributed by atoms with Gasteiger partial charge in [0.25, 0.3) is 5.91 Å². The number of rotatable bonds is 5. The highest BCUT2D eigenvalue weighted by Gasteiger charge is 2.35. The fourth-order valence-corrected chi connectivity index (χ4v) is 3.01. The van der Waals surface area contributed by atoms with Crippen molar-refractivity contribution < 1.29 is 22.7 Å². The van der Waals surface area contributed by atoms with E-state index in [4.69, 9.17) is 4.74 Å². The number of pyridine rings is 1. The number of carbonyl (C=O) groups excluding carboxylic acids is 1. The molecule has 1 amide bonds. The van der Waals surface area contributed by atoms with Crippen molar-refractivity contribution in [2.24, 2.45) is 0 Å². The molecule has 0 bridgehead atoms. The van der Waals surface area contributed by atoms with Crippen LogP contribution in [0.5, 0.6) is 5.88 Å². The third-order valence-corrected chi connectivity index (χ3v) is 4.56. The van der Waals surface area contributed by atoms with E-state index in [1.54, 1.807) is 29.6 Å². The van der Waals surface area contributed by atoms with E-state index < -0.39 is 11.9 Å². The smallest absolute Gasteiger partial charge is 0.433 e. The number of hydrogen-bond acceptors (Lipinski definition) is 4. The first-order valence-corrected chi connectivity index (χ1v) is 8.93. The molecule has 9 heteroatoms. The van der Waals surface area contributed by atoms with Crippen LogP contribution in [-0.4, -0.2) is 44.5 Å². The molecular weight excluding hydrogens is 385 g/mol. The topological polar surface area (TPSA) is 60.2 Å². The van der Waals surface area contributed by atoms with Crippen molar-refractivity contribution in [3.63, 3.8) is 0 Å². The summed E-state index contributed by atoms with van der Waals surface area (Å²) in [6.07, 6.45) is 0.382. The molecule has 1 aliphatic heterocycles. The maximum Gasteiger partial charge on any atom is 0.433 e. The summed E-state index contributed by atoms with van der Waals surface area (Å²) < 4.78 is 45.5. The zero-order chi connectivity index (χ0) is 20.4. The van der Waals surface area contributed by atoms with Crippen LogP contribution in [0.2, 0.25) is 0 Å². The van der Waals surface area contributed by atoms with E-state index in [1.165, 1.54) is 12.1 Å².